The number of carbonyl (C=O) groups is 3. The Bertz CT molecular complexity index is 1500. The van der Waals surface area contributed by atoms with Crippen LogP contribution >= 0.6 is 11.6 Å². The normalized spacial score (nSPS) is 27.5. The fourth-order valence-corrected chi connectivity index (χ4v) is 8.90. The van der Waals surface area contributed by atoms with E-state index in [0.717, 1.165) is 6.07 Å². The standard InChI is InChI=1S/C28H28ClF3N2O6S/c29-19-4-1-14(27(37)33-17-12-20(30)26(32)21(31)13-17)9-24(19)41(39,40)18-10-15-2-3-16(11-18)28(15,38)8-7-23(35)22-5-6-25(36)34-22/h1,4,9,12-13,15-16,18,22,38H,2-3,5-8,10-11H2,(H,33,37)(H,34,36)/t15-,16?,18?,22+,28?/m0/s1. The number of hydrogen-bond donors (Lipinski definition) is 3. The lowest BCUT2D eigenvalue weighted by atomic mass is 9.71. The molecule has 2 aromatic carbocycles. The van der Waals surface area contributed by atoms with Crippen molar-refractivity contribution in [3.05, 3.63) is 58.4 Å². The third-order valence-corrected chi connectivity index (χ3v) is 11.4. The summed E-state index contributed by atoms with van der Waals surface area (Å²) >= 11 is 6.26. The first-order chi connectivity index (χ1) is 19.3. The highest BCUT2D eigenvalue weighted by atomic mass is 35.5. The van der Waals surface area contributed by atoms with E-state index in [9.17, 15) is 41.1 Å². The Morgan fingerprint density at radius 2 is 1.68 bits per heavy atom. The first-order valence-corrected chi connectivity index (χ1v) is 15.3. The molecule has 5 atom stereocenters. The van der Waals surface area contributed by atoms with Gasteiger partial charge in [-0.25, -0.2) is 21.6 Å². The molecule has 13 heteroatoms. The van der Waals surface area contributed by atoms with Crippen molar-refractivity contribution < 1.29 is 41.1 Å². The Kier molecular flexibility index (Phi) is 7.95. The van der Waals surface area contributed by atoms with Crippen molar-refractivity contribution in [1.29, 1.82) is 0 Å². The molecule has 220 valence electrons. The van der Waals surface area contributed by atoms with Crippen LogP contribution in [0, 0.1) is 29.3 Å². The summed E-state index contributed by atoms with van der Waals surface area (Å²) in [6.07, 6.45) is 2.47. The number of nitrogens with one attached hydrogen (secondary N) is 2. The van der Waals surface area contributed by atoms with Crippen LogP contribution in [-0.4, -0.2) is 48.0 Å². The van der Waals surface area contributed by atoms with Crippen LogP contribution in [0.4, 0.5) is 18.9 Å². The van der Waals surface area contributed by atoms with Crippen LogP contribution in [-0.2, 0) is 19.4 Å². The maximum atomic E-state index is 13.7. The van der Waals surface area contributed by atoms with Crippen molar-refractivity contribution >= 4 is 44.7 Å². The minimum absolute atomic E-state index is 0.0801. The minimum Gasteiger partial charge on any atom is -0.389 e. The van der Waals surface area contributed by atoms with E-state index in [1.807, 2.05) is 0 Å². The number of Topliss-reactive ketones (excluding diaryl/α,β-unsaturated/α-hetero) is 1. The molecule has 1 aliphatic heterocycles. The molecule has 2 aliphatic carbocycles. The van der Waals surface area contributed by atoms with E-state index >= 15 is 0 Å². The van der Waals surface area contributed by atoms with Gasteiger partial charge in [-0.2, -0.15) is 0 Å². The van der Waals surface area contributed by atoms with Crippen molar-refractivity contribution in [2.45, 2.75) is 73.2 Å². The number of fused-ring (bicyclic) bond motifs is 2. The molecule has 0 aromatic heterocycles. The third-order valence-electron chi connectivity index (χ3n) is 8.71. The van der Waals surface area contributed by atoms with Crippen molar-refractivity contribution in [3.8, 4) is 0 Å². The average molecular weight is 613 g/mol. The van der Waals surface area contributed by atoms with Gasteiger partial charge in [0, 0.05) is 36.2 Å². The summed E-state index contributed by atoms with van der Waals surface area (Å²) in [5, 5.41) is 15.4. The zero-order valence-corrected chi connectivity index (χ0v) is 23.3. The number of halogens is 4. The van der Waals surface area contributed by atoms with Gasteiger partial charge in [-0.05, 0) is 68.6 Å². The van der Waals surface area contributed by atoms with Gasteiger partial charge in [0.15, 0.2) is 33.1 Å². The van der Waals surface area contributed by atoms with Crippen molar-refractivity contribution in [2.75, 3.05) is 5.32 Å². The Morgan fingerprint density at radius 3 is 2.27 bits per heavy atom. The summed E-state index contributed by atoms with van der Waals surface area (Å²) < 4.78 is 67.8. The lowest BCUT2D eigenvalue weighted by Crippen LogP contribution is -2.48. The Hall–Kier alpha value is -2.96. The number of carbonyl (C=O) groups excluding carboxylic acids is 3. The highest BCUT2D eigenvalue weighted by Crippen LogP contribution is 2.54. The Labute approximate surface area is 239 Å². The molecule has 3 fully saturated rings. The number of sulfone groups is 1. The first kappa shape index (κ1) is 29.5. The van der Waals surface area contributed by atoms with Crippen molar-refractivity contribution in [3.63, 3.8) is 0 Å². The molecule has 0 radical (unpaired) electrons. The quantitative estimate of drug-likeness (QED) is 0.381. The van der Waals surface area contributed by atoms with E-state index in [2.05, 4.69) is 10.6 Å². The summed E-state index contributed by atoms with van der Waals surface area (Å²) in [5.41, 5.74) is -1.70. The molecule has 2 amide bonds. The summed E-state index contributed by atoms with van der Waals surface area (Å²) in [6, 6.07) is 4.21. The summed E-state index contributed by atoms with van der Waals surface area (Å²) in [4.78, 5) is 36.5. The molecule has 3 N–H and O–H groups in total. The molecule has 3 unspecified atom stereocenters. The van der Waals surface area contributed by atoms with Gasteiger partial charge in [-0.1, -0.05) is 11.6 Å². The second kappa shape index (κ2) is 11.0. The van der Waals surface area contributed by atoms with Crippen LogP contribution in [0.1, 0.15) is 61.7 Å². The number of hydrogen-bond acceptors (Lipinski definition) is 6. The topological polar surface area (TPSA) is 130 Å². The number of rotatable bonds is 8. The summed E-state index contributed by atoms with van der Waals surface area (Å²) in [7, 11) is -4.07. The SMILES string of the molecule is O=C1CC[C@H](C(=O)CCC2(O)C3CC[C@H]2CC(S(=O)(=O)c2cc(C(=O)Nc4cc(F)c(F)c(F)c4)ccc2Cl)C3)N1. The van der Waals surface area contributed by atoms with Crippen molar-refractivity contribution in [2.24, 2.45) is 11.8 Å². The molecule has 0 spiro atoms. The molecule has 41 heavy (non-hydrogen) atoms. The fraction of sp³-hybridized carbons (Fsp3) is 0.464. The fourth-order valence-electron chi connectivity index (χ4n) is 6.50. The summed E-state index contributed by atoms with van der Waals surface area (Å²) in [5.74, 6) is -6.61. The van der Waals surface area contributed by atoms with Crippen molar-refractivity contribution in [1.82, 2.24) is 5.32 Å². The zero-order chi connectivity index (χ0) is 29.7. The van der Waals surface area contributed by atoms with Crippen LogP contribution in [0.5, 0.6) is 0 Å². The Balaban J connectivity index is 1.30. The second-order valence-electron chi connectivity index (χ2n) is 11.1. The average Bonchev–Trinajstić information content (AvgIpc) is 3.38. The predicted octanol–water partition coefficient (Wildman–Crippen LogP) is 4.33. The van der Waals surface area contributed by atoms with Gasteiger partial charge >= 0.3 is 0 Å². The van der Waals surface area contributed by atoms with E-state index in [1.54, 1.807) is 0 Å². The van der Waals surface area contributed by atoms with Gasteiger partial charge in [0.25, 0.3) is 5.91 Å². The van der Waals surface area contributed by atoms with E-state index in [-0.39, 0.29) is 70.4 Å². The van der Waals surface area contributed by atoms with Crippen LogP contribution in [0.2, 0.25) is 5.02 Å². The van der Waals surface area contributed by atoms with Crippen LogP contribution in [0.3, 0.4) is 0 Å². The lowest BCUT2D eigenvalue weighted by Gasteiger charge is -2.42. The van der Waals surface area contributed by atoms with Gasteiger partial charge in [0.1, 0.15) is 0 Å². The number of anilines is 1. The third kappa shape index (κ3) is 5.61. The second-order valence-corrected chi connectivity index (χ2v) is 13.7. The highest BCUT2D eigenvalue weighted by Gasteiger charge is 2.55. The number of amides is 2. The molecule has 2 aromatic rings. The van der Waals surface area contributed by atoms with Gasteiger partial charge in [-0.15, -0.1) is 0 Å². The van der Waals surface area contributed by atoms with Crippen LogP contribution in [0.15, 0.2) is 35.2 Å². The van der Waals surface area contributed by atoms with Gasteiger partial charge in [0.05, 0.1) is 26.8 Å². The largest absolute Gasteiger partial charge is 0.389 e. The van der Waals surface area contributed by atoms with Gasteiger partial charge < -0.3 is 15.7 Å². The van der Waals surface area contributed by atoms with E-state index in [4.69, 9.17) is 11.6 Å². The Morgan fingerprint density at radius 1 is 1.05 bits per heavy atom. The maximum absolute atomic E-state index is 13.7. The van der Waals surface area contributed by atoms with Gasteiger partial charge in [-0.3, -0.25) is 14.4 Å². The van der Waals surface area contributed by atoms with Gasteiger partial charge in [0.2, 0.25) is 5.91 Å². The van der Waals surface area contributed by atoms with E-state index in [1.165, 1.54) is 12.1 Å². The first-order valence-electron chi connectivity index (χ1n) is 13.3. The molecular weight excluding hydrogens is 585 g/mol. The molecular formula is C28H28ClF3N2O6S. The smallest absolute Gasteiger partial charge is 0.255 e. The molecule has 1 saturated heterocycles. The van der Waals surface area contributed by atoms with E-state index in [0.29, 0.717) is 37.8 Å². The van der Waals surface area contributed by atoms with Crippen LogP contribution in [0.25, 0.3) is 0 Å². The predicted molar refractivity (Wildman–Crippen MR) is 142 cm³/mol. The van der Waals surface area contributed by atoms with Crippen LogP contribution < -0.4 is 10.6 Å². The monoisotopic (exact) mass is 612 g/mol. The molecule has 2 bridgehead atoms. The zero-order valence-electron chi connectivity index (χ0n) is 21.8. The molecule has 2 saturated carbocycles. The highest BCUT2D eigenvalue weighted by molar-refractivity contribution is 7.92. The number of aliphatic hydroxyl groups is 1. The molecule has 5 rings (SSSR count). The number of benzene rings is 2. The molecule has 3 aliphatic rings. The van der Waals surface area contributed by atoms with E-state index < -0.39 is 50.1 Å². The number of ketones is 1. The maximum Gasteiger partial charge on any atom is 0.255 e. The minimum atomic E-state index is -4.07. The molecule has 8 nitrogen and oxygen atoms in total. The molecule has 1 heterocycles. The summed E-state index contributed by atoms with van der Waals surface area (Å²) in [6.45, 7) is 0. The lowest BCUT2D eigenvalue weighted by molar-refractivity contribution is -0.126.